The van der Waals surface area contributed by atoms with Gasteiger partial charge >= 0.3 is 0 Å². The third kappa shape index (κ3) is 2.95. The number of hydrogen-bond donors (Lipinski definition) is 0. The molecular formula is C19H21NO5. The molecule has 0 radical (unpaired) electrons. The maximum Gasteiger partial charge on any atom is 0.230 e. The second-order valence-corrected chi connectivity index (χ2v) is 5.71. The first-order valence-electron chi connectivity index (χ1n) is 7.86. The van der Waals surface area contributed by atoms with Gasteiger partial charge in [0.2, 0.25) is 11.5 Å². The molecule has 0 bridgehead atoms. The van der Waals surface area contributed by atoms with E-state index in [4.69, 9.17) is 23.4 Å². The zero-order valence-electron chi connectivity index (χ0n) is 15.0. The molecule has 6 heteroatoms. The smallest absolute Gasteiger partial charge is 0.230 e. The summed E-state index contributed by atoms with van der Waals surface area (Å²) in [5.41, 5.74) is 2.24. The van der Waals surface area contributed by atoms with Crippen LogP contribution in [0.25, 0.3) is 22.0 Å². The maximum absolute atomic E-state index is 5.89. The van der Waals surface area contributed by atoms with E-state index in [1.54, 1.807) is 27.6 Å². The van der Waals surface area contributed by atoms with E-state index in [1.807, 2.05) is 32.1 Å². The molecule has 0 atom stereocenters. The first-order valence-corrected chi connectivity index (χ1v) is 7.86. The topological polar surface area (TPSA) is 63.0 Å². The summed E-state index contributed by atoms with van der Waals surface area (Å²) >= 11 is 0. The van der Waals surface area contributed by atoms with E-state index in [9.17, 15) is 0 Å². The first kappa shape index (κ1) is 17.0. The molecule has 0 aliphatic heterocycles. The molecule has 0 aliphatic carbocycles. The number of fused-ring (bicyclic) bond motifs is 2. The van der Waals surface area contributed by atoms with Crippen LogP contribution >= 0.6 is 0 Å². The number of aromatic nitrogens is 1. The second-order valence-electron chi connectivity index (χ2n) is 5.71. The third-order valence-corrected chi connectivity index (χ3v) is 3.87. The largest absolute Gasteiger partial charge is 0.495 e. The second kappa shape index (κ2) is 6.93. The van der Waals surface area contributed by atoms with Crippen LogP contribution in [-0.2, 0) is 0 Å². The van der Waals surface area contributed by atoms with Crippen LogP contribution in [-0.4, -0.2) is 32.9 Å². The Labute approximate surface area is 145 Å². The number of hydrogen-bond acceptors (Lipinski definition) is 6. The van der Waals surface area contributed by atoms with Crippen LogP contribution in [0.15, 0.2) is 34.5 Å². The Morgan fingerprint density at radius 2 is 1.76 bits per heavy atom. The average molecular weight is 343 g/mol. The molecule has 0 spiro atoms. The lowest BCUT2D eigenvalue weighted by Crippen LogP contribution is -2.01. The number of allylic oxidation sites excluding steroid dienone is 1. The molecule has 3 aromatic rings. The van der Waals surface area contributed by atoms with Gasteiger partial charge in [0.1, 0.15) is 17.9 Å². The van der Waals surface area contributed by atoms with E-state index >= 15 is 0 Å². The van der Waals surface area contributed by atoms with Crippen LogP contribution < -0.4 is 18.9 Å². The van der Waals surface area contributed by atoms with E-state index in [0.717, 1.165) is 10.8 Å². The molecule has 3 rings (SSSR count). The van der Waals surface area contributed by atoms with Gasteiger partial charge in [-0.1, -0.05) is 5.57 Å². The van der Waals surface area contributed by atoms with Crippen molar-refractivity contribution in [2.45, 2.75) is 13.8 Å². The third-order valence-electron chi connectivity index (χ3n) is 3.87. The summed E-state index contributed by atoms with van der Waals surface area (Å²) in [6, 6.07) is 3.68. The summed E-state index contributed by atoms with van der Waals surface area (Å²) in [4.78, 5) is 4.56. The molecule has 0 amide bonds. The van der Waals surface area contributed by atoms with Gasteiger partial charge in [0.15, 0.2) is 11.5 Å². The average Bonchev–Trinajstić information content (AvgIpc) is 3.06. The Balaban J connectivity index is 2.29. The van der Waals surface area contributed by atoms with Gasteiger partial charge in [-0.2, -0.15) is 0 Å². The number of pyridine rings is 1. The summed E-state index contributed by atoms with van der Waals surface area (Å²) in [6.45, 7) is 4.46. The van der Waals surface area contributed by atoms with Gasteiger partial charge in [0, 0.05) is 0 Å². The van der Waals surface area contributed by atoms with Crippen molar-refractivity contribution in [1.82, 2.24) is 4.98 Å². The van der Waals surface area contributed by atoms with Crippen molar-refractivity contribution < 1.29 is 23.4 Å². The molecule has 0 aliphatic rings. The Bertz CT molecular complexity index is 938. The Morgan fingerprint density at radius 1 is 1.04 bits per heavy atom. The lowest BCUT2D eigenvalue weighted by Gasteiger charge is -2.16. The first-order chi connectivity index (χ1) is 12.1. The zero-order valence-corrected chi connectivity index (χ0v) is 15.0. The fourth-order valence-corrected chi connectivity index (χ4v) is 2.71. The number of rotatable bonds is 6. The summed E-state index contributed by atoms with van der Waals surface area (Å²) in [5.74, 6) is 2.18. The number of ether oxygens (including phenoxy) is 4. The van der Waals surface area contributed by atoms with Gasteiger partial charge in [0.05, 0.1) is 38.4 Å². The van der Waals surface area contributed by atoms with Crippen molar-refractivity contribution in [3.8, 4) is 23.0 Å². The van der Waals surface area contributed by atoms with Gasteiger partial charge in [0.25, 0.3) is 0 Å². The van der Waals surface area contributed by atoms with E-state index in [1.165, 1.54) is 5.57 Å². The fraction of sp³-hybridized carbons (Fsp3) is 0.316. The number of nitrogens with zero attached hydrogens (tertiary/aromatic N) is 1. The molecule has 0 N–H and O–H groups in total. The minimum absolute atomic E-state index is 0.428. The number of furan rings is 1. The predicted molar refractivity (Wildman–Crippen MR) is 96.1 cm³/mol. The molecule has 25 heavy (non-hydrogen) atoms. The lowest BCUT2D eigenvalue weighted by molar-refractivity contribution is 0.308. The molecule has 0 saturated heterocycles. The summed E-state index contributed by atoms with van der Waals surface area (Å²) < 4.78 is 28.0. The minimum atomic E-state index is 0.428. The molecule has 0 fully saturated rings. The van der Waals surface area contributed by atoms with E-state index in [0.29, 0.717) is 40.8 Å². The van der Waals surface area contributed by atoms with Gasteiger partial charge in [-0.05, 0) is 32.1 Å². The molecule has 132 valence electrons. The van der Waals surface area contributed by atoms with Crippen molar-refractivity contribution in [1.29, 1.82) is 0 Å². The van der Waals surface area contributed by atoms with Gasteiger partial charge in [-0.15, -0.1) is 0 Å². The van der Waals surface area contributed by atoms with Crippen molar-refractivity contribution in [3.63, 3.8) is 0 Å². The Morgan fingerprint density at radius 3 is 2.40 bits per heavy atom. The summed E-state index contributed by atoms with van der Waals surface area (Å²) in [5, 5.41) is 1.55. The molecule has 2 aromatic heterocycles. The van der Waals surface area contributed by atoms with Crippen LogP contribution in [0.5, 0.6) is 23.0 Å². The van der Waals surface area contributed by atoms with Crippen molar-refractivity contribution >= 4 is 22.0 Å². The van der Waals surface area contributed by atoms with Gasteiger partial charge < -0.3 is 23.4 Å². The lowest BCUT2D eigenvalue weighted by atomic mass is 10.1. The van der Waals surface area contributed by atoms with Crippen LogP contribution in [0, 0.1) is 0 Å². The van der Waals surface area contributed by atoms with Crippen molar-refractivity contribution in [3.05, 3.63) is 30.0 Å². The maximum atomic E-state index is 5.89. The Kier molecular flexibility index (Phi) is 4.70. The fourth-order valence-electron chi connectivity index (χ4n) is 2.71. The van der Waals surface area contributed by atoms with Crippen LogP contribution in [0.1, 0.15) is 13.8 Å². The van der Waals surface area contributed by atoms with Crippen LogP contribution in [0.3, 0.4) is 0 Å². The predicted octanol–water partition coefficient (Wildman–Crippen LogP) is 4.35. The quantitative estimate of drug-likeness (QED) is 0.620. The van der Waals surface area contributed by atoms with E-state index in [2.05, 4.69) is 4.98 Å². The molecule has 1 aromatic carbocycles. The van der Waals surface area contributed by atoms with E-state index in [-0.39, 0.29) is 0 Å². The number of benzene rings is 1. The standard InChI is InChI=1S/C19H21NO5/c1-11(2)6-8-24-14-10-13-15(18(23-5)17(14)22-4)20-19-12(7-9-25-19)16(13)21-3/h6-7,9-10H,8H2,1-5H3. The minimum Gasteiger partial charge on any atom is -0.495 e. The van der Waals surface area contributed by atoms with Crippen molar-refractivity contribution in [2.24, 2.45) is 0 Å². The van der Waals surface area contributed by atoms with E-state index < -0.39 is 0 Å². The molecular weight excluding hydrogens is 322 g/mol. The summed E-state index contributed by atoms with van der Waals surface area (Å²) in [6.07, 6.45) is 3.57. The highest BCUT2D eigenvalue weighted by Gasteiger charge is 2.22. The SMILES string of the molecule is COc1c(OCC=C(C)C)cc2c(OC)c3ccoc3nc2c1OC. The monoisotopic (exact) mass is 343 g/mol. The Hall–Kier alpha value is -2.89. The highest BCUT2D eigenvalue weighted by molar-refractivity contribution is 6.03. The van der Waals surface area contributed by atoms with Crippen molar-refractivity contribution in [2.75, 3.05) is 27.9 Å². The van der Waals surface area contributed by atoms with Crippen LogP contribution in [0.2, 0.25) is 0 Å². The van der Waals surface area contributed by atoms with Gasteiger partial charge in [-0.3, -0.25) is 0 Å². The molecule has 0 unspecified atom stereocenters. The highest BCUT2D eigenvalue weighted by Crippen LogP contribution is 2.47. The molecule has 6 nitrogen and oxygen atoms in total. The van der Waals surface area contributed by atoms with Crippen LogP contribution in [0.4, 0.5) is 0 Å². The highest BCUT2D eigenvalue weighted by atomic mass is 16.5. The number of methoxy groups -OCH3 is 3. The van der Waals surface area contributed by atoms with Gasteiger partial charge in [-0.25, -0.2) is 4.98 Å². The normalized spacial score (nSPS) is 10.8. The molecule has 2 heterocycles. The zero-order chi connectivity index (χ0) is 18.0. The summed E-state index contributed by atoms with van der Waals surface area (Å²) in [7, 11) is 4.75. The molecule has 0 saturated carbocycles.